The first kappa shape index (κ1) is 24.1. The van der Waals surface area contributed by atoms with E-state index in [0.29, 0.717) is 36.5 Å². The Kier molecular flexibility index (Phi) is 9.57. The summed E-state index contributed by atoms with van der Waals surface area (Å²) in [5, 5.41) is 6.49. The average Bonchev–Trinajstić information content (AvgIpc) is 3.10. The van der Waals surface area contributed by atoms with Crippen LogP contribution in [0.15, 0.2) is 33.8 Å². The third-order valence-corrected chi connectivity index (χ3v) is 3.74. The Morgan fingerprint density at radius 2 is 1.96 bits per heavy atom. The molecule has 1 aromatic carbocycles. The first-order chi connectivity index (χ1) is 12.9. The molecule has 1 heterocycles. The van der Waals surface area contributed by atoms with Gasteiger partial charge in [-0.15, -0.1) is 24.0 Å². The molecule has 1 aromatic heterocycles. The lowest BCUT2D eigenvalue weighted by molar-refractivity contribution is 0.311. The monoisotopic (exact) mass is 502 g/mol. The van der Waals surface area contributed by atoms with Crippen molar-refractivity contribution in [2.24, 2.45) is 4.99 Å². The highest BCUT2D eigenvalue weighted by atomic mass is 127. The number of aromatic nitrogens is 1. The van der Waals surface area contributed by atoms with Gasteiger partial charge in [-0.05, 0) is 26.0 Å². The molecule has 28 heavy (non-hydrogen) atoms. The number of oxazole rings is 1. The van der Waals surface area contributed by atoms with E-state index >= 15 is 0 Å². The summed E-state index contributed by atoms with van der Waals surface area (Å²) in [4.78, 5) is 8.88. The summed E-state index contributed by atoms with van der Waals surface area (Å²) in [6.45, 7) is 11.9. The minimum Gasteiger partial charge on any atom is -0.493 e. The van der Waals surface area contributed by atoms with Gasteiger partial charge in [0, 0.05) is 23.7 Å². The highest BCUT2D eigenvalue weighted by Crippen LogP contribution is 2.30. The second-order valence-electron chi connectivity index (χ2n) is 6.99. The van der Waals surface area contributed by atoms with Crippen molar-refractivity contribution < 1.29 is 13.9 Å². The van der Waals surface area contributed by atoms with E-state index in [0.717, 1.165) is 18.0 Å². The van der Waals surface area contributed by atoms with Crippen LogP contribution in [0.5, 0.6) is 11.5 Å². The molecule has 0 bridgehead atoms. The van der Waals surface area contributed by atoms with E-state index in [1.807, 2.05) is 32.0 Å². The fraction of sp³-hybridized carbons (Fsp3) is 0.500. The Balaban J connectivity index is 0.00000392. The molecule has 0 spiro atoms. The van der Waals surface area contributed by atoms with Crippen LogP contribution in [-0.4, -0.2) is 31.2 Å². The zero-order chi connectivity index (χ0) is 19.9. The molecule has 0 aliphatic rings. The lowest BCUT2D eigenvalue weighted by Gasteiger charge is -2.14. The zero-order valence-corrected chi connectivity index (χ0v) is 19.8. The second kappa shape index (κ2) is 11.1. The maximum atomic E-state index is 5.80. The molecule has 2 aromatic rings. The Hall–Kier alpha value is -1.97. The molecular weight excluding hydrogens is 471 g/mol. The second-order valence-corrected chi connectivity index (χ2v) is 6.99. The molecule has 0 aliphatic heterocycles. The van der Waals surface area contributed by atoms with Crippen LogP contribution >= 0.6 is 24.0 Å². The van der Waals surface area contributed by atoms with Crippen molar-refractivity contribution in [3.05, 3.63) is 36.0 Å². The molecule has 2 N–H and O–H groups in total. The number of anilines is 1. The quantitative estimate of drug-likeness (QED) is 0.328. The molecule has 0 radical (unpaired) electrons. The lowest BCUT2D eigenvalue weighted by atomic mass is 9.94. The molecule has 0 atom stereocenters. The fourth-order valence-corrected chi connectivity index (χ4v) is 2.34. The number of hydrogen-bond donors (Lipinski definition) is 2. The van der Waals surface area contributed by atoms with Gasteiger partial charge >= 0.3 is 0 Å². The third kappa shape index (κ3) is 6.88. The maximum Gasteiger partial charge on any atom is 0.216 e. The summed E-state index contributed by atoms with van der Waals surface area (Å²) in [5.41, 5.74) is 0.776. The predicted octanol–water partition coefficient (Wildman–Crippen LogP) is 4.58. The first-order valence-corrected chi connectivity index (χ1v) is 9.18. The van der Waals surface area contributed by atoms with Gasteiger partial charge in [-0.1, -0.05) is 20.8 Å². The number of rotatable bonds is 7. The van der Waals surface area contributed by atoms with E-state index < -0.39 is 0 Å². The fourth-order valence-electron chi connectivity index (χ4n) is 2.34. The van der Waals surface area contributed by atoms with Crippen molar-refractivity contribution in [2.45, 2.75) is 46.6 Å². The van der Waals surface area contributed by atoms with E-state index in [4.69, 9.17) is 13.9 Å². The number of hydrogen-bond acceptors (Lipinski definition) is 5. The van der Waals surface area contributed by atoms with Crippen molar-refractivity contribution in [3.63, 3.8) is 0 Å². The molecule has 0 saturated carbocycles. The topological polar surface area (TPSA) is 80.9 Å². The zero-order valence-electron chi connectivity index (χ0n) is 17.5. The van der Waals surface area contributed by atoms with Gasteiger partial charge in [0.25, 0.3) is 0 Å². The van der Waals surface area contributed by atoms with E-state index in [2.05, 4.69) is 41.4 Å². The summed E-state index contributed by atoms with van der Waals surface area (Å²) < 4.78 is 16.7. The van der Waals surface area contributed by atoms with Crippen LogP contribution in [-0.2, 0) is 12.0 Å². The van der Waals surface area contributed by atoms with E-state index in [9.17, 15) is 0 Å². The van der Waals surface area contributed by atoms with Crippen LogP contribution in [0.3, 0.4) is 0 Å². The number of methoxy groups -OCH3 is 1. The van der Waals surface area contributed by atoms with Gasteiger partial charge in [0.2, 0.25) is 5.89 Å². The molecule has 7 nitrogen and oxygen atoms in total. The molecule has 0 amide bonds. The smallest absolute Gasteiger partial charge is 0.216 e. The molecular formula is C20H31IN4O3. The average molecular weight is 502 g/mol. The minimum absolute atomic E-state index is 0. The molecule has 0 saturated heterocycles. The summed E-state index contributed by atoms with van der Waals surface area (Å²) in [6, 6.07) is 5.66. The number of nitrogens with zero attached hydrogens (tertiary/aromatic N) is 2. The number of ether oxygens (including phenoxy) is 2. The summed E-state index contributed by atoms with van der Waals surface area (Å²) >= 11 is 0. The minimum atomic E-state index is -0.0729. The van der Waals surface area contributed by atoms with E-state index in [-0.39, 0.29) is 29.4 Å². The number of guanidine groups is 1. The number of benzene rings is 1. The number of aliphatic imine (C=N–C) groups is 1. The Morgan fingerprint density at radius 3 is 2.54 bits per heavy atom. The van der Waals surface area contributed by atoms with Crippen molar-refractivity contribution in [1.82, 2.24) is 10.3 Å². The standard InChI is InChI=1S/C20H30N4O3.HI/c1-7-21-19(23-13-18-22-12-17(27-18)20(3,4)5)24-14-9-10-15(25-6)16(11-14)26-8-2;/h9-12H,7-8,13H2,1-6H3,(H2,21,23,24);1H. The predicted molar refractivity (Wildman–Crippen MR) is 123 cm³/mol. The van der Waals surface area contributed by atoms with Crippen LogP contribution in [0.4, 0.5) is 5.69 Å². The lowest BCUT2D eigenvalue weighted by Crippen LogP contribution is -2.30. The highest BCUT2D eigenvalue weighted by Gasteiger charge is 2.19. The molecule has 0 fully saturated rings. The first-order valence-electron chi connectivity index (χ1n) is 9.18. The van der Waals surface area contributed by atoms with Gasteiger partial charge in [0.1, 0.15) is 12.3 Å². The van der Waals surface area contributed by atoms with Crippen LogP contribution in [0.25, 0.3) is 0 Å². The van der Waals surface area contributed by atoms with Crippen LogP contribution in [0.2, 0.25) is 0 Å². The van der Waals surface area contributed by atoms with Gasteiger partial charge in [0.05, 0.1) is 19.9 Å². The largest absolute Gasteiger partial charge is 0.493 e. The number of halogens is 1. The molecule has 8 heteroatoms. The molecule has 0 unspecified atom stereocenters. The maximum absolute atomic E-state index is 5.80. The normalized spacial score (nSPS) is 11.6. The van der Waals surface area contributed by atoms with Gasteiger partial charge < -0.3 is 24.5 Å². The van der Waals surface area contributed by atoms with Crippen molar-refractivity contribution >= 4 is 35.6 Å². The van der Waals surface area contributed by atoms with E-state index in [1.165, 1.54) is 0 Å². The number of nitrogens with one attached hydrogen (secondary N) is 2. The molecule has 156 valence electrons. The van der Waals surface area contributed by atoms with Crippen LogP contribution in [0.1, 0.15) is 46.3 Å². The summed E-state index contributed by atoms with van der Waals surface area (Å²) in [6.07, 6.45) is 1.77. The van der Waals surface area contributed by atoms with Gasteiger partial charge in [-0.3, -0.25) is 0 Å². The van der Waals surface area contributed by atoms with Crippen molar-refractivity contribution in [1.29, 1.82) is 0 Å². The third-order valence-electron chi connectivity index (χ3n) is 3.74. The van der Waals surface area contributed by atoms with Crippen molar-refractivity contribution in [3.8, 4) is 11.5 Å². The van der Waals surface area contributed by atoms with Gasteiger partial charge in [-0.25, -0.2) is 9.98 Å². The molecule has 0 aliphatic carbocycles. The summed E-state index contributed by atoms with van der Waals surface area (Å²) in [7, 11) is 1.62. The van der Waals surface area contributed by atoms with E-state index in [1.54, 1.807) is 13.3 Å². The molecule has 2 rings (SSSR count). The van der Waals surface area contributed by atoms with Crippen LogP contribution < -0.4 is 20.1 Å². The Bertz CT molecular complexity index is 769. The van der Waals surface area contributed by atoms with Crippen molar-refractivity contribution in [2.75, 3.05) is 25.6 Å². The van der Waals surface area contributed by atoms with Gasteiger partial charge in [-0.2, -0.15) is 0 Å². The summed E-state index contributed by atoms with van der Waals surface area (Å²) in [5.74, 6) is 3.45. The SMILES string of the molecule is CCNC(=NCc1ncc(C(C)(C)C)o1)Nc1ccc(OC)c(OCC)c1.I. The Morgan fingerprint density at radius 1 is 1.21 bits per heavy atom. The van der Waals surface area contributed by atoms with Gasteiger partial charge in [0.15, 0.2) is 17.5 Å². The Labute approximate surface area is 184 Å². The highest BCUT2D eigenvalue weighted by molar-refractivity contribution is 14.0. The van der Waals surface area contributed by atoms with Crippen LogP contribution in [0, 0.1) is 0 Å².